The molecule has 0 aliphatic rings. The predicted molar refractivity (Wildman–Crippen MR) is 314 cm³/mol. The minimum absolute atomic E-state index is 0.0301. The van der Waals surface area contributed by atoms with E-state index in [1.165, 1.54) is 6.07 Å². The number of aryl methyl sites for hydroxylation is 8. The summed E-state index contributed by atoms with van der Waals surface area (Å²) in [5, 5.41) is 13.8. The van der Waals surface area contributed by atoms with Crippen molar-refractivity contribution in [2.75, 3.05) is 0 Å². The van der Waals surface area contributed by atoms with Gasteiger partial charge in [0.2, 0.25) is 0 Å². The van der Waals surface area contributed by atoms with Gasteiger partial charge in [0.1, 0.15) is 46.6 Å². The fraction of sp³-hybridized carbons (Fsp3) is 0.154. The lowest BCUT2D eigenvalue weighted by Crippen LogP contribution is -2.11. The molecule has 0 aliphatic carbocycles. The van der Waals surface area contributed by atoms with Crippen molar-refractivity contribution >= 4 is 43.6 Å². The lowest BCUT2D eigenvalue weighted by molar-refractivity contribution is -0.143. The van der Waals surface area contributed by atoms with Crippen LogP contribution in [0.4, 0.5) is 26.3 Å². The largest absolute Gasteiger partial charge is 0.416 e. The molecule has 0 unspecified atom stereocenters. The maximum atomic E-state index is 14.7. The first-order valence-corrected chi connectivity index (χ1v) is 27.0. The molecule has 0 spiro atoms. The highest BCUT2D eigenvalue weighted by Gasteiger charge is 2.37. The summed E-state index contributed by atoms with van der Waals surface area (Å²) in [6.45, 7) is 14.3. The minimum atomic E-state index is -5.14. The van der Waals surface area contributed by atoms with Crippen LogP contribution in [0.2, 0.25) is 0 Å². The SMILES string of the molecule is Cc1nc(C)nc(-c2ccc3c(c2)c2cc(-c4nc(C)nc(C)n4)ccc2n3-c2ccc(C#N)cc2-c2cc(-c3cc(C(F)(F)F)cc(C(F)(F)F)c3)ccc2-n2c3ccc(-c4nc(C)nc(C)n4)cc3c3cc(-c4nc(C)nc(C)n4)ccc32)n1. The fourth-order valence-electron chi connectivity index (χ4n) is 11.4. The third-order valence-corrected chi connectivity index (χ3v) is 14.8. The Morgan fingerprint density at radius 1 is 0.314 bits per heavy atom. The minimum Gasteiger partial charge on any atom is -0.309 e. The van der Waals surface area contributed by atoms with Gasteiger partial charge in [0.05, 0.1) is 56.2 Å². The number of alkyl halides is 6. The number of fused-ring (bicyclic) bond motifs is 6. The van der Waals surface area contributed by atoms with E-state index in [-0.39, 0.29) is 22.8 Å². The Morgan fingerprint density at radius 3 is 0.907 bits per heavy atom. The van der Waals surface area contributed by atoms with Crippen molar-refractivity contribution in [1.82, 2.24) is 68.9 Å². The summed E-state index contributed by atoms with van der Waals surface area (Å²) in [5.41, 5.74) is 4.07. The van der Waals surface area contributed by atoms with E-state index in [1.807, 2.05) is 81.9 Å². The molecule has 21 heteroatoms. The van der Waals surface area contributed by atoms with E-state index in [1.54, 1.807) is 85.7 Å². The molecule has 0 saturated carbocycles. The highest BCUT2D eigenvalue weighted by atomic mass is 19.4. The molecular formula is C65H45F6N15. The molecular weight excluding hydrogens is 1100 g/mol. The van der Waals surface area contributed by atoms with Crippen molar-refractivity contribution in [1.29, 1.82) is 5.26 Å². The lowest BCUT2D eigenvalue weighted by atomic mass is 9.93. The van der Waals surface area contributed by atoms with E-state index in [0.29, 0.717) is 149 Å². The van der Waals surface area contributed by atoms with Gasteiger partial charge >= 0.3 is 12.4 Å². The molecule has 7 aromatic carbocycles. The van der Waals surface area contributed by atoms with E-state index in [0.717, 1.165) is 21.5 Å². The Kier molecular flexibility index (Phi) is 12.8. The summed E-state index contributed by atoms with van der Waals surface area (Å²) in [6.07, 6.45) is -10.3. The van der Waals surface area contributed by atoms with E-state index in [4.69, 9.17) is 0 Å². The van der Waals surface area contributed by atoms with E-state index >= 15 is 0 Å². The first-order chi connectivity index (χ1) is 41.0. The van der Waals surface area contributed by atoms with E-state index in [2.05, 4.69) is 65.9 Å². The summed E-state index contributed by atoms with van der Waals surface area (Å²) in [7, 11) is 0. The van der Waals surface area contributed by atoms with Crippen molar-refractivity contribution < 1.29 is 26.3 Å². The van der Waals surface area contributed by atoms with Gasteiger partial charge in [-0.05, 0) is 188 Å². The first kappa shape index (κ1) is 54.5. The molecule has 6 aromatic heterocycles. The average Bonchev–Trinajstić information content (AvgIpc) is 1.61. The third-order valence-electron chi connectivity index (χ3n) is 14.8. The van der Waals surface area contributed by atoms with Crippen molar-refractivity contribution in [3.05, 3.63) is 191 Å². The first-order valence-electron chi connectivity index (χ1n) is 27.0. The number of hydrogen-bond acceptors (Lipinski definition) is 13. The van der Waals surface area contributed by atoms with Gasteiger partial charge in [-0.2, -0.15) is 31.6 Å². The van der Waals surface area contributed by atoms with Crippen LogP contribution in [0, 0.1) is 66.7 Å². The van der Waals surface area contributed by atoms with Crippen molar-refractivity contribution in [3.63, 3.8) is 0 Å². The van der Waals surface area contributed by atoms with Crippen LogP contribution >= 0.6 is 0 Å². The molecule has 86 heavy (non-hydrogen) atoms. The number of hydrogen-bond donors (Lipinski definition) is 0. The summed E-state index contributed by atoms with van der Waals surface area (Å²) in [4.78, 5) is 55.1. The molecule has 0 fully saturated rings. The summed E-state index contributed by atoms with van der Waals surface area (Å²) < 4.78 is 92.3. The lowest BCUT2D eigenvalue weighted by Gasteiger charge is -2.21. The molecule has 0 radical (unpaired) electrons. The Bertz CT molecular complexity index is 4730. The Hall–Kier alpha value is -10.8. The van der Waals surface area contributed by atoms with Crippen LogP contribution in [-0.2, 0) is 12.4 Å². The van der Waals surface area contributed by atoms with E-state index < -0.39 is 23.5 Å². The van der Waals surface area contributed by atoms with Gasteiger partial charge < -0.3 is 9.13 Å². The predicted octanol–water partition coefficient (Wildman–Crippen LogP) is 15.0. The average molecular weight is 1150 g/mol. The molecule has 0 aliphatic heterocycles. The third kappa shape index (κ3) is 9.83. The highest BCUT2D eigenvalue weighted by Crippen LogP contribution is 2.46. The Balaban J connectivity index is 1.14. The van der Waals surface area contributed by atoms with Gasteiger partial charge in [-0.15, -0.1) is 0 Å². The standard InChI is InChI=1S/C65H45F6N15/c1-31-73-32(2)78-60(77-31)41-11-17-56-50(25-41)51-26-42(61-79-33(3)74-34(4)80-61)12-18-57(51)85(56)54-15-9-39(30-72)21-48(54)49-24-40(45-22-46(64(66,67)68)29-47(23-45)65(69,70)71)10-16-55(49)86-58-19-13-43(62-81-35(5)75-36(6)82-62)27-52(58)53-28-44(14-20-59(53)86)63-83-37(7)76-38(8)84-63/h9-29H,1-8H3. The monoisotopic (exact) mass is 1150 g/mol. The maximum absolute atomic E-state index is 14.7. The van der Waals surface area contributed by atoms with Crippen LogP contribution in [0.3, 0.4) is 0 Å². The second kappa shape index (κ2) is 20.3. The second-order valence-electron chi connectivity index (χ2n) is 21.0. The van der Waals surface area contributed by atoms with Crippen LogP contribution in [0.25, 0.3) is 123 Å². The normalized spacial score (nSPS) is 12.1. The molecule has 0 saturated heterocycles. The molecule has 0 atom stereocenters. The van der Waals surface area contributed by atoms with Crippen LogP contribution in [-0.4, -0.2) is 68.9 Å². The van der Waals surface area contributed by atoms with Crippen LogP contribution in [0.5, 0.6) is 0 Å². The van der Waals surface area contributed by atoms with Gasteiger partial charge in [-0.25, -0.2) is 59.8 Å². The van der Waals surface area contributed by atoms with Gasteiger partial charge in [0.25, 0.3) is 0 Å². The smallest absolute Gasteiger partial charge is 0.309 e. The van der Waals surface area contributed by atoms with Crippen molar-refractivity contribution in [2.45, 2.75) is 67.7 Å². The molecule has 0 N–H and O–H groups in total. The zero-order valence-electron chi connectivity index (χ0n) is 47.1. The van der Waals surface area contributed by atoms with Crippen LogP contribution < -0.4 is 0 Å². The number of nitrogens with zero attached hydrogens (tertiary/aromatic N) is 15. The zero-order chi connectivity index (χ0) is 60.2. The molecule has 6 heterocycles. The number of benzene rings is 7. The Morgan fingerprint density at radius 2 is 0.605 bits per heavy atom. The van der Waals surface area contributed by atoms with Crippen LogP contribution in [0.15, 0.2) is 127 Å². The number of nitriles is 1. The summed E-state index contributed by atoms with van der Waals surface area (Å²) in [5.74, 6) is 5.96. The summed E-state index contributed by atoms with van der Waals surface area (Å²) in [6, 6.07) is 36.9. The maximum Gasteiger partial charge on any atom is 0.416 e. The van der Waals surface area contributed by atoms with Gasteiger partial charge in [-0.3, -0.25) is 0 Å². The Labute approximate surface area is 485 Å². The van der Waals surface area contributed by atoms with Gasteiger partial charge in [0, 0.05) is 54.9 Å². The molecule has 13 aromatic rings. The zero-order valence-corrected chi connectivity index (χ0v) is 47.1. The van der Waals surface area contributed by atoms with Gasteiger partial charge in [-0.1, -0.05) is 6.07 Å². The molecule has 13 rings (SSSR count). The topological polar surface area (TPSA) is 188 Å². The molecule has 15 nitrogen and oxygen atoms in total. The van der Waals surface area contributed by atoms with Crippen molar-refractivity contribution in [2.24, 2.45) is 0 Å². The number of aromatic nitrogens is 14. The van der Waals surface area contributed by atoms with Crippen molar-refractivity contribution in [3.8, 4) is 85.2 Å². The molecule has 0 amide bonds. The van der Waals surface area contributed by atoms with Crippen LogP contribution in [0.1, 0.15) is 63.3 Å². The van der Waals surface area contributed by atoms with Gasteiger partial charge in [0.15, 0.2) is 23.3 Å². The molecule has 422 valence electrons. The number of halogens is 6. The second-order valence-corrected chi connectivity index (χ2v) is 21.0. The summed E-state index contributed by atoms with van der Waals surface area (Å²) >= 11 is 0. The number of rotatable bonds is 8. The fourth-order valence-corrected chi connectivity index (χ4v) is 11.4. The highest BCUT2D eigenvalue weighted by molar-refractivity contribution is 6.14. The van der Waals surface area contributed by atoms with E-state index in [9.17, 15) is 31.6 Å². The molecule has 0 bridgehead atoms. The quantitative estimate of drug-likeness (QED) is 0.131.